The zero-order valence-electron chi connectivity index (χ0n) is 28.6. The molecule has 0 amide bonds. The minimum Gasteiger partial charge on any atom is -0.309 e. The number of thiophene rings is 1. The molecule has 2 heteroatoms. The Labute approximate surface area is 302 Å². The lowest BCUT2D eigenvalue weighted by molar-refractivity contribution is 0.666. The van der Waals surface area contributed by atoms with E-state index in [-0.39, 0.29) is 5.41 Å². The Balaban J connectivity index is 1.21. The number of hydrogen-bond donors (Lipinski definition) is 0. The fourth-order valence-corrected chi connectivity index (χ4v) is 9.60. The van der Waals surface area contributed by atoms with E-state index in [0.717, 1.165) is 11.4 Å². The lowest BCUT2D eigenvalue weighted by Gasteiger charge is -2.31. The monoisotopic (exact) mass is 669 g/mol. The fraction of sp³-hybridized carbons (Fsp3) is 0.0612. The lowest BCUT2D eigenvalue weighted by Crippen LogP contribution is -2.17. The third kappa shape index (κ3) is 4.67. The van der Waals surface area contributed by atoms with Gasteiger partial charge in [0, 0.05) is 42.4 Å². The molecule has 0 saturated heterocycles. The highest BCUT2D eigenvalue weighted by Crippen LogP contribution is 2.57. The molecule has 0 fully saturated rings. The summed E-state index contributed by atoms with van der Waals surface area (Å²) >= 11 is 1.87. The van der Waals surface area contributed by atoms with Gasteiger partial charge in [-0.15, -0.1) is 11.3 Å². The summed E-state index contributed by atoms with van der Waals surface area (Å²) in [5.41, 5.74) is 13.6. The van der Waals surface area contributed by atoms with E-state index in [1.807, 2.05) is 11.3 Å². The van der Waals surface area contributed by atoms with Crippen LogP contribution in [0.5, 0.6) is 0 Å². The molecule has 0 spiro atoms. The van der Waals surface area contributed by atoms with Gasteiger partial charge in [0.05, 0.1) is 11.4 Å². The van der Waals surface area contributed by atoms with Gasteiger partial charge in [-0.3, -0.25) is 0 Å². The van der Waals surface area contributed by atoms with E-state index in [9.17, 15) is 0 Å². The largest absolute Gasteiger partial charge is 0.309 e. The van der Waals surface area contributed by atoms with Gasteiger partial charge in [0.25, 0.3) is 0 Å². The molecule has 0 radical (unpaired) electrons. The maximum absolute atomic E-state index is 2.50. The zero-order valence-corrected chi connectivity index (χ0v) is 29.4. The average molecular weight is 670 g/mol. The van der Waals surface area contributed by atoms with Gasteiger partial charge in [0.2, 0.25) is 0 Å². The molecule has 0 unspecified atom stereocenters. The lowest BCUT2D eigenvalue weighted by atomic mass is 9.80. The number of hydrogen-bond acceptors (Lipinski definition) is 2. The molecule has 0 aliphatic heterocycles. The van der Waals surface area contributed by atoms with Crippen molar-refractivity contribution in [3.05, 3.63) is 187 Å². The first-order chi connectivity index (χ1) is 25.1. The van der Waals surface area contributed by atoms with Crippen molar-refractivity contribution in [3.63, 3.8) is 0 Å². The number of para-hydroxylation sites is 1. The summed E-state index contributed by atoms with van der Waals surface area (Å²) in [6, 6.07) is 64.8. The van der Waals surface area contributed by atoms with Crippen LogP contribution in [0.25, 0.3) is 64.3 Å². The van der Waals surface area contributed by atoms with Crippen LogP contribution in [0.1, 0.15) is 25.0 Å². The Morgan fingerprint density at radius 2 is 1.10 bits per heavy atom. The summed E-state index contributed by atoms with van der Waals surface area (Å²) in [5.74, 6) is 0. The second-order valence-electron chi connectivity index (χ2n) is 14.1. The molecule has 1 nitrogen and oxygen atoms in total. The molecule has 8 aromatic carbocycles. The first-order valence-corrected chi connectivity index (χ1v) is 18.5. The summed E-state index contributed by atoms with van der Waals surface area (Å²) < 4.78 is 2.66. The SMILES string of the molecule is CC1(C)c2ccccc2-c2c(N(c3ccc(-c4ccc5c(c4)sc4ccccc45)cc3)c3ccccc3-c3ccccc3)cc3ccccc3c21. The molecular formula is C49H35NS. The second kappa shape index (κ2) is 11.6. The highest BCUT2D eigenvalue weighted by Gasteiger charge is 2.39. The molecular weight excluding hydrogens is 635 g/mol. The molecule has 51 heavy (non-hydrogen) atoms. The number of fused-ring (bicyclic) bond motifs is 8. The van der Waals surface area contributed by atoms with E-state index in [1.165, 1.54) is 81.1 Å². The van der Waals surface area contributed by atoms with Gasteiger partial charge in [0.15, 0.2) is 0 Å². The highest BCUT2D eigenvalue weighted by atomic mass is 32.1. The summed E-state index contributed by atoms with van der Waals surface area (Å²) in [7, 11) is 0. The van der Waals surface area contributed by atoms with Crippen LogP contribution < -0.4 is 4.90 Å². The molecule has 1 aromatic heterocycles. The molecule has 1 aliphatic rings. The van der Waals surface area contributed by atoms with E-state index >= 15 is 0 Å². The van der Waals surface area contributed by atoms with E-state index in [2.05, 4.69) is 195 Å². The molecule has 0 bridgehead atoms. The van der Waals surface area contributed by atoms with Crippen LogP contribution in [0.4, 0.5) is 17.1 Å². The first kappa shape index (κ1) is 29.9. The van der Waals surface area contributed by atoms with Crippen molar-refractivity contribution >= 4 is 59.3 Å². The van der Waals surface area contributed by atoms with Gasteiger partial charge in [-0.05, 0) is 80.6 Å². The average Bonchev–Trinajstić information content (AvgIpc) is 3.67. The van der Waals surface area contributed by atoms with Crippen molar-refractivity contribution in [1.29, 1.82) is 0 Å². The van der Waals surface area contributed by atoms with E-state index < -0.39 is 0 Å². The Morgan fingerprint density at radius 1 is 0.451 bits per heavy atom. The number of benzene rings is 8. The molecule has 10 rings (SSSR count). The maximum atomic E-state index is 2.50. The molecule has 0 N–H and O–H groups in total. The summed E-state index contributed by atoms with van der Waals surface area (Å²) in [4.78, 5) is 2.50. The Kier molecular flexibility index (Phi) is 6.78. The van der Waals surface area contributed by atoms with Crippen molar-refractivity contribution in [2.45, 2.75) is 19.3 Å². The zero-order chi connectivity index (χ0) is 34.1. The smallest absolute Gasteiger partial charge is 0.0549 e. The van der Waals surface area contributed by atoms with Gasteiger partial charge in [-0.2, -0.15) is 0 Å². The van der Waals surface area contributed by atoms with Gasteiger partial charge >= 0.3 is 0 Å². The van der Waals surface area contributed by atoms with Gasteiger partial charge in [-0.1, -0.05) is 153 Å². The van der Waals surface area contributed by atoms with Crippen LogP contribution in [0.15, 0.2) is 176 Å². The summed E-state index contributed by atoms with van der Waals surface area (Å²) in [6.45, 7) is 4.77. The quantitative estimate of drug-likeness (QED) is 0.176. The molecule has 1 aliphatic carbocycles. The molecule has 9 aromatic rings. The van der Waals surface area contributed by atoms with Crippen LogP contribution in [-0.2, 0) is 5.41 Å². The summed E-state index contributed by atoms with van der Waals surface area (Å²) in [5, 5.41) is 5.23. The van der Waals surface area contributed by atoms with Crippen LogP contribution in [-0.4, -0.2) is 0 Å². The molecule has 0 atom stereocenters. The van der Waals surface area contributed by atoms with Crippen molar-refractivity contribution in [1.82, 2.24) is 0 Å². The predicted octanol–water partition coefficient (Wildman–Crippen LogP) is 14.3. The Hall–Kier alpha value is -5.96. The summed E-state index contributed by atoms with van der Waals surface area (Å²) in [6.07, 6.45) is 0. The topological polar surface area (TPSA) is 3.24 Å². The van der Waals surface area contributed by atoms with Crippen LogP contribution >= 0.6 is 11.3 Å². The minimum atomic E-state index is -0.152. The fourth-order valence-electron chi connectivity index (χ4n) is 8.46. The second-order valence-corrected chi connectivity index (χ2v) is 15.2. The van der Waals surface area contributed by atoms with E-state index in [0.29, 0.717) is 0 Å². The van der Waals surface area contributed by atoms with Gasteiger partial charge in [-0.25, -0.2) is 0 Å². The van der Waals surface area contributed by atoms with Crippen molar-refractivity contribution in [2.75, 3.05) is 4.90 Å². The maximum Gasteiger partial charge on any atom is 0.0549 e. The highest BCUT2D eigenvalue weighted by molar-refractivity contribution is 7.25. The Bertz CT molecular complexity index is 2770. The van der Waals surface area contributed by atoms with Crippen molar-refractivity contribution < 1.29 is 0 Å². The van der Waals surface area contributed by atoms with E-state index in [4.69, 9.17) is 0 Å². The number of nitrogens with zero attached hydrogens (tertiary/aromatic N) is 1. The third-order valence-electron chi connectivity index (χ3n) is 10.8. The number of rotatable bonds is 5. The van der Waals surface area contributed by atoms with Gasteiger partial charge < -0.3 is 4.90 Å². The minimum absolute atomic E-state index is 0.152. The molecule has 1 heterocycles. The third-order valence-corrected chi connectivity index (χ3v) is 12.0. The van der Waals surface area contributed by atoms with Crippen molar-refractivity contribution in [3.8, 4) is 33.4 Å². The van der Waals surface area contributed by atoms with Crippen LogP contribution in [0.2, 0.25) is 0 Å². The van der Waals surface area contributed by atoms with Crippen LogP contribution in [0.3, 0.4) is 0 Å². The van der Waals surface area contributed by atoms with Crippen LogP contribution in [0, 0.1) is 0 Å². The molecule has 0 saturated carbocycles. The first-order valence-electron chi connectivity index (χ1n) is 17.7. The predicted molar refractivity (Wildman–Crippen MR) is 220 cm³/mol. The van der Waals surface area contributed by atoms with Gasteiger partial charge in [0.1, 0.15) is 0 Å². The molecule has 242 valence electrons. The number of anilines is 3. The van der Waals surface area contributed by atoms with E-state index in [1.54, 1.807) is 0 Å². The van der Waals surface area contributed by atoms with Crippen molar-refractivity contribution in [2.24, 2.45) is 0 Å². The Morgan fingerprint density at radius 3 is 1.94 bits per heavy atom. The normalized spacial score (nSPS) is 13.1. The standard InChI is InChI=1S/C49H35NS/c1-49(2)42-21-11-8-20-41(42)47-44(30-35-16-6-7-18-38(35)48(47)49)50(43-22-12-9-17-37(43)33-14-4-3-5-15-33)36-27-24-32(25-28-36)34-26-29-40-39-19-10-13-23-45(39)51-46(40)31-34/h3-31H,1-2H3.